The first-order valence-corrected chi connectivity index (χ1v) is 6.78. The Morgan fingerprint density at radius 3 is 2.33 bits per heavy atom. The van der Waals surface area contributed by atoms with E-state index in [0.29, 0.717) is 6.54 Å². The van der Waals surface area contributed by atoms with E-state index >= 15 is 0 Å². The van der Waals surface area contributed by atoms with Crippen LogP contribution in [0.1, 0.15) is 44.1 Å². The molecule has 1 amide bonds. The minimum Gasteiger partial charge on any atom is -0.352 e. The molecule has 1 aromatic rings. The van der Waals surface area contributed by atoms with Gasteiger partial charge in [0.1, 0.15) is 5.82 Å². The van der Waals surface area contributed by atoms with Gasteiger partial charge < -0.3 is 5.32 Å². The lowest BCUT2D eigenvalue weighted by Crippen LogP contribution is -2.30. The summed E-state index contributed by atoms with van der Waals surface area (Å²) in [5.74, 6) is 0.0861. The average molecular weight is 249 g/mol. The zero-order valence-electron chi connectivity index (χ0n) is 10.6. The SMILES string of the molecule is O=C(NCc1ccc(F)cc1)C1CCCCCC1. The van der Waals surface area contributed by atoms with Crippen molar-refractivity contribution in [1.29, 1.82) is 0 Å². The molecule has 1 aromatic carbocycles. The zero-order valence-corrected chi connectivity index (χ0v) is 10.6. The van der Waals surface area contributed by atoms with Gasteiger partial charge in [0.15, 0.2) is 0 Å². The number of rotatable bonds is 3. The van der Waals surface area contributed by atoms with E-state index in [-0.39, 0.29) is 17.6 Å². The molecule has 2 rings (SSSR count). The van der Waals surface area contributed by atoms with E-state index < -0.39 is 0 Å². The van der Waals surface area contributed by atoms with Crippen LogP contribution in [0.25, 0.3) is 0 Å². The fourth-order valence-corrected chi connectivity index (χ4v) is 2.48. The van der Waals surface area contributed by atoms with E-state index in [9.17, 15) is 9.18 Å². The number of amides is 1. The first-order chi connectivity index (χ1) is 8.75. The fraction of sp³-hybridized carbons (Fsp3) is 0.533. The van der Waals surface area contributed by atoms with Crippen LogP contribution in [0.2, 0.25) is 0 Å². The summed E-state index contributed by atoms with van der Waals surface area (Å²) in [7, 11) is 0. The number of carbonyl (C=O) groups is 1. The summed E-state index contributed by atoms with van der Waals surface area (Å²) >= 11 is 0. The summed E-state index contributed by atoms with van der Waals surface area (Å²) in [6.45, 7) is 0.496. The number of hydrogen-bond acceptors (Lipinski definition) is 1. The highest BCUT2D eigenvalue weighted by molar-refractivity contribution is 5.78. The summed E-state index contributed by atoms with van der Waals surface area (Å²) in [4.78, 5) is 12.0. The lowest BCUT2D eigenvalue weighted by Gasteiger charge is -2.14. The van der Waals surface area contributed by atoms with Crippen LogP contribution in [0.3, 0.4) is 0 Å². The summed E-state index contributed by atoms with van der Waals surface area (Å²) in [5.41, 5.74) is 0.943. The maximum atomic E-state index is 12.7. The molecule has 98 valence electrons. The molecular formula is C15H20FNO. The predicted octanol–water partition coefficient (Wildman–Crippen LogP) is 3.41. The van der Waals surface area contributed by atoms with Crippen LogP contribution in [0.4, 0.5) is 4.39 Å². The van der Waals surface area contributed by atoms with E-state index in [1.165, 1.54) is 25.0 Å². The Morgan fingerprint density at radius 1 is 1.11 bits per heavy atom. The van der Waals surface area contributed by atoms with Crippen molar-refractivity contribution in [3.8, 4) is 0 Å². The lowest BCUT2D eigenvalue weighted by atomic mass is 9.99. The number of nitrogens with one attached hydrogen (secondary N) is 1. The van der Waals surface area contributed by atoms with Crippen molar-refractivity contribution in [3.63, 3.8) is 0 Å². The monoisotopic (exact) mass is 249 g/mol. The van der Waals surface area contributed by atoms with Crippen molar-refractivity contribution in [2.24, 2.45) is 5.92 Å². The van der Waals surface area contributed by atoms with Crippen molar-refractivity contribution < 1.29 is 9.18 Å². The van der Waals surface area contributed by atoms with Gasteiger partial charge in [-0.15, -0.1) is 0 Å². The molecule has 0 heterocycles. The second-order valence-corrected chi connectivity index (χ2v) is 5.03. The Kier molecular flexibility index (Phi) is 4.73. The normalized spacial score (nSPS) is 17.2. The molecule has 1 aliphatic rings. The first-order valence-electron chi connectivity index (χ1n) is 6.78. The van der Waals surface area contributed by atoms with E-state index in [1.54, 1.807) is 12.1 Å². The van der Waals surface area contributed by atoms with E-state index in [0.717, 1.165) is 31.2 Å². The van der Waals surface area contributed by atoms with Crippen LogP contribution in [-0.2, 0) is 11.3 Å². The highest BCUT2D eigenvalue weighted by Crippen LogP contribution is 2.22. The minimum absolute atomic E-state index is 0.154. The van der Waals surface area contributed by atoms with E-state index in [2.05, 4.69) is 5.32 Å². The molecule has 2 nitrogen and oxygen atoms in total. The van der Waals surface area contributed by atoms with Crippen LogP contribution in [0, 0.1) is 11.7 Å². The number of halogens is 1. The van der Waals surface area contributed by atoms with Crippen molar-refractivity contribution in [3.05, 3.63) is 35.6 Å². The quantitative estimate of drug-likeness (QED) is 0.817. The Balaban J connectivity index is 1.81. The van der Waals surface area contributed by atoms with Crippen molar-refractivity contribution >= 4 is 5.91 Å². The van der Waals surface area contributed by atoms with Gasteiger partial charge in [0.25, 0.3) is 0 Å². The van der Waals surface area contributed by atoms with Crippen LogP contribution >= 0.6 is 0 Å². The van der Waals surface area contributed by atoms with Crippen LogP contribution < -0.4 is 5.32 Å². The Bertz CT molecular complexity index is 380. The molecule has 0 aromatic heterocycles. The number of carbonyl (C=O) groups excluding carboxylic acids is 1. The summed E-state index contributed by atoms with van der Waals surface area (Å²) in [5, 5.41) is 2.95. The largest absolute Gasteiger partial charge is 0.352 e. The molecule has 0 unspecified atom stereocenters. The van der Waals surface area contributed by atoms with Gasteiger partial charge in [-0.2, -0.15) is 0 Å². The maximum Gasteiger partial charge on any atom is 0.223 e. The van der Waals surface area contributed by atoms with Gasteiger partial charge in [-0.25, -0.2) is 4.39 Å². The smallest absolute Gasteiger partial charge is 0.223 e. The van der Waals surface area contributed by atoms with E-state index in [4.69, 9.17) is 0 Å². The van der Waals surface area contributed by atoms with Gasteiger partial charge in [0.05, 0.1) is 0 Å². The van der Waals surface area contributed by atoms with Gasteiger partial charge in [-0.3, -0.25) is 4.79 Å². The Hall–Kier alpha value is -1.38. The molecule has 3 heteroatoms. The zero-order chi connectivity index (χ0) is 12.8. The third kappa shape index (κ3) is 3.83. The highest BCUT2D eigenvalue weighted by atomic mass is 19.1. The molecule has 0 spiro atoms. The average Bonchev–Trinajstić information content (AvgIpc) is 2.66. The van der Waals surface area contributed by atoms with Gasteiger partial charge >= 0.3 is 0 Å². The second kappa shape index (κ2) is 6.53. The first kappa shape index (κ1) is 13.1. The molecule has 0 bridgehead atoms. The molecular weight excluding hydrogens is 229 g/mol. The van der Waals surface area contributed by atoms with Gasteiger partial charge in [0.2, 0.25) is 5.91 Å². The summed E-state index contributed by atoms with van der Waals surface area (Å²) in [6.07, 6.45) is 6.84. The third-order valence-corrected chi connectivity index (χ3v) is 3.61. The molecule has 0 atom stereocenters. The maximum absolute atomic E-state index is 12.7. The Labute approximate surface area is 108 Å². The molecule has 1 fully saturated rings. The topological polar surface area (TPSA) is 29.1 Å². The third-order valence-electron chi connectivity index (χ3n) is 3.61. The lowest BCUT2D eigenvalue weighted by molar-refractivity contribution is -0.125. The summed E-state index contributed by atoms with van der Waals surface area (Å²) in [6, 6.07) is 6.27. The van der Waals surface area contributed by atoms with Crippen molar-refractivity contribution in [2.45, 2.75) is 45.1 Å². The molecule has 18 heavy (non-hydrogen) atoms. The van der Waals surface area contributed by atoms with Crippen molar-refractivity contribution in [2.75, 3.05) is 0 Å². The predicted molar refractivity (Wildman–Crippen MR) is 69.4 cm³/mol. The minimum atomic E-state index is -0.242. The standard InChI is InChI=1S/C15H20FNO/c16-14-9-7-12(8-10-14)11-17-15(18)13-5-3-1-2-4-6-13/h7-10,13H,1-6,11H2,(H,17,18). The molecule has 0 radical (unpaired) electrons. The molecule has 1 saturated carbocycles. The highest BCUT2D eigenvalue weighted by Gasteiger charge is 2.19. The number of hydrogen-bond donors (Lipinski definition) is 1. The van der Waals surface area contributed by atoms with Crippen molar-refractivity contribution in [1.82, 2.24) is 5.32 Å². The second-order valence-electron chi connectivity index (χ2n) is 5.03. The molecule has 1 N–H and O–H groups in total. The fourth-order valence-electron chi connectivity index (χ4n) is 2.48. The van der Waals surface area contributed by atoms with Crippen LogP contribution in [0.5, 0.6) is 0 Å². The van der Waals surface area contributed by atoms with E-state index in [1.807, 2.05) is 0 Å². The van der Waals surface area contributed by atoms with Gasteiger partial charge in [-0.05, 0) is 30.5 Å². The van der Waals surface area contributed by atoms with Crippen LogP contribution in [-0.4, -0.2) is 5.91 Å². The molecule has 0 aliphatic heterocycles. The molecule has 0 saturated heterocycles. The van der Waals surface area contributed by atoms with Gasteiger partial charge in [0, 0.05) is 12.5 Å². The molecule has 1 aliphatic carbocycles. The number of benzene rings is 1. The summed E-state index contributed by atoms with van der Waals surface area (Å²) < 4.78 is 12.7. The van der Waals surface area contributed by atoms with Crippen LogP contribution in [0.15, 0.2) is 24.3 Å². The van der Waals surface area contributed by atoms with Gasteiger partial charge in [-0.1, -0.05) is 37.8 Å². The Morgan fingerprint density at radius 2 is 1.72 bits per heavy atom.